The monoisotopic (exact) mass is 712 g/mol. The number of rotatable bonds is 16. The van der Waals surface area contributed by atoms with Crippen LogP contribution in [0.15, 0.2) is 60.7 Å². The standard InChI is InChI=1S/C34H46Cl2N6O2.2ClH/c1-7-41(15-13-35)31-19-25(23-39(3)4)17-29(21-31)37-33(43)27-9-11-28(12-10-27)34(44)38-30-18-26(24-40(5)6)20-32(22-30)42(8-2)16-14-36;;/h9-12,17-22H,7-8,13-16,23-24H2,1-6H3,(H,37,43)(H,38,44);2*1H. The van der Waals surface area contributed by atoms with Gasteiger partial charge in [0.25, 0.3) is 11.8 Å². The maximum Gasteiger partial charge on any atom is 0.255 e. The van der Waals surface area contributed by atoms with Gasteiger partial charge < -0.3 is 30.2 Å². The first-order valence-corrected chi connectivity index (χ1v) is 16.1. The summed E-state index contributed by atoms with van der Waals surface area (Å²) < 4.78 is 0. The highest BCUT2D eigenvalue weighted by Crippen LogP contribution is 2.26. The molecule has 3 aromatic rings. The lowest BCUT2D eigenvalue weighted by Gasteiger charge is -2.24. The Kier molecular flexibility index (Phi) is 18.4. The summed E-state index contributed by atoms with van der Waals surface area (Å²) in [6.07, 6.45) is 0. The number of nitrogens with one attached hydrogen (secondary N) is 2. The summed E-state index contributed by atoms with van der Waals surface area (Å²) in [5, 5.41) is 6.08. The SMILES string of the molecule is CCN(CCCl)c1cc(CN(C)C)cc(NC(=O)c2ccc(C(=O)Nc3cc(CN(C)C)cc(N(CC)CCCl)c3)cc2)c1.Cl.Cl. The molecule has 0 fully saturated rings. The van der Waals surface area contributed by atoms with Crippen molar-refractivity contribution in [1.29, 1.82) is 0 Å². The third kappa shape index (κ3) is 12.5. The van der Waals surface area contributed by atoms with E-state index in [0.717, 1.165) is 48.7 Å². The van der Waals surface area contributed by atoms with Crippen molar-refractivity contribution in [2.75, 3.05) is 86.6 Å². The second-order valence-electron chi connectivity index (χ2n) is 11.3. The van der Waals surface area contributed by atoms with Crippen molar-refractivity contribution in [3.63, 3.8) is 0 Å². The van der Waals surface area contributed by atoms with Gasteiger partial charge in [-0.1, -0.05) is 0 Å². The van der Waals surface area contributed by atoms with Gasteiger partial charge in [0.2, 0.25) is 0 Å². The average Bonchev–Trinajstić information content (AvgIpc) is 2.97. The summed E-state index contributed by atoms with van der Waals surface area (Å²) in [7, 11) is 8.06. The average molecular weight is 715 g/mol. The fourth-order valence-electron chi connectivity index (χ4n) is 5.09. The summed E-state index contributed by atoms with van der Waals surface area (Å²) in [6.45, 7) is 8.69. The Balaban J connectivity index is 0.00000529. The quantitative estimate of drug-likeness (QED) is 0.152. The molecule has 0 spiro atoms. The van der Waals surface area contributed by atoms with Gasteiger partial charge >= 0.3 is 0 Å². The molecule has 0 aliphatic rings. The number of amides is 2. The van der Waals surface area contributed by atoms with E-state index < -0.39 is 0 Å². The molecule has 254 valence electrons. The molecule has 3 rings (SSSR count). The van der Waals surface area contributed by atoms with Gasteiger partial charge in [0.1, 0.15) is 0 Å². The molecule has 46 heavy (non-hydrogen) atoms. The van der Waals surface area contributed by atoms with Crippen molar-refractivity contribution in [3.05, 3.63) is 82.9 Å². The van der Waals surface area contributed by atoms with Gasteiger partial charge in [0.05, 0.1) is 0 Å². The molecule has 3 aromatic carbocycles. The Hall–Kier alpha value is -2.72. The van der Waals surface area contributed by atoms with Crippen LogP contribution in [0.5, 0.6) is 0 Å². The van der Waals surface area contributed by atoms with Crippen LogP contribution < -0.4 is 20.4 Å². The second kappa shape index (κ2) is 20.5. The summed E-state index contributed by atoms with van der Waals surface area (Å²) in [5.74, 6) is 0.540. The van der Waals surface area contributed by atoms with Gasteiger partial charge in [-0.2, -0.15) is 0 Å². The van der Waals surface area contributed by atoms with E-state index in [0.29, 0.717) is 47.4 Å². The Bertz CT molecular complexity index is 1280. The normalized spacial score (nSPS) is 10.7. The van der Waals surface area contributed by atoms with Crippen molar-refractivity contribution in [3.8, 4) is 0 Å². The molecule has 0 aliphatic carbocycles. The van der Waals surface area contributed by atoms with Crippen molar-refractivity contribution >= 4 is 82.6 Å². The first-order chi connectivity index (χ1) is 21.1. The Morgan fingerprint density at radius 1 is 0.609 bits per heavy atom. The van der Waals surface area contributed by atoms with Crippen LogP contribution in [0.1, 0.15) is 45.7 Å². The molecule has 0 saturated carbocycles. The van der Waals surface area contributed by atoms with Crippen LogP contribution in [0.4, 0.5) is 22.7 Å². The maximum atomic E-state index is 13.2. The van der Waals surface area contributed by atoms with Crippen LogP contribution >= 0.6 is 48.0 Å². The molecular formula is C34H48Cl4N6O2. The molecule has 0 heterocycles. The first kappa shape index (κ1) is 41.3. The predicted molar refractivity (Wildman–Crippen MR) is 202 cm³/mol. The summed E-state index contributed by atoms with van der Waals surface area (Å²) in [6, 6.07) is 18.9. The first-order valence-electron chi connectivity index (χ1n) is 15.0. The zero-order valence-electron chi connectivity index (χ0n) is 27.6. The van der Waals surface area contributed by atoms with Crippen LogP contribution in [0.25, 0.3) is 0 Å². The molecular weight excluding hydrogens is 666 g/mol. The maximum absolute atomic E-state index is 13.2. The van der Waals surface area contributed by atoms with Gasteiger partial charge in [-0.15, -0.1) is 48.0 Å². The third-order valence-corrected chi connectivity index (χ3v) is 7.42. The van der Waals surface area contributed by atoms with Gasteiger partial charge in [0, 0.05) is 84.9 Å². The van der Waals surface area contributed by atoms with E-state index >= 15 is 0 Å². The smallest absolute Gasteiger partial charge is 0.255 e. The largest absolute Gasteiger partial charge is 0.371 e. The van der Waals surface area contributed by atoms with Crippen molar-refractivity contribution < 1.29 is 9.59 Å². The van der Waals surface area contributed by atoms with Crippen molar-refractivity contribution in [2.45, 2.75) is 26.9 Å². The summed E-state index contributed by atoms with van der Waals surface area (Å²) in [4.78, 5) is 35.0. The van der Waals surface area contributed by atoms with E-state index in [2.05, 4.69) is 56.2 Å². The van der Waals surface area contributed by atoms with Crippen molar-refractivity contribution in [2.24, 2.45) is 0 Å². The van der Waals surface area contributed by atoms with Gasteiger partial charge in [-0.25, -0.2) is 0 Å². The highest BCUT2D eigenvalue weighted by molar-refractivity contribution is 6.18. The number of anilines is 4. The lowest BCUT2D eigenvalue weighted by molar-refractivity contribution is 0.101. The molecule has 0 saturated heterocycles. The molecule has 0 unspecified atom stereocenters. The van der Waals surface area contributed by atoms with Gasteiger partial charge in [-0.05, 0) is 114 Å². The molecule has 2 N–H and O–H groups in total. The molecule has 8 nitrogen and oxygen atoms in total. The topological polar surface area (TPSA) is 71.2 Å². The lowest BCUT2D eigenvalue weighted by atomic mass is 10.1. The highest BCUT2D eigenvalue weighted by atomic mass is 35.5. The summed E-state index contributed by atoms with van der Waals surface area (Å²) >= 11 is 12.1. The van der Waals surface area contributed by atoms with E-state index in [1.165, 1.54) is 0 Å². The molecule has 0 radical (unpaired) electrons. The third-order valence-electron chi connectivity index (χ3n) is 7.08. The van der Waals surface area contributed by atoms with E-state index in [9.17, 15) is 9.59 Å². The molecule has 0 aliphatic heterocycles. The Morgan fingerprint density at radius 3 is 1.24 bits per heavy atom. The lowest BCUT2D eigenvalue weighted by Crippen LogP contribution is -2.25. The zero-order valence-corrected chi connectivity index (χ0v) is 30.8. The molecule has 2 amide bonds. The van der Waals surface area contributed by atoms with E-state index in [1.54, 1.807) is 24.3 Å². The highest BCUT2D eigenvalue weighted by Gasteiger charge is 2.14. The van der Waals surface area contributed by atoms with E-state index in [1.807, 2.05) is 52.5 Å². The van der Waals surface area contributed by atoms with Crippen molar-refractivity contribution in [1.82, 2.24) is 9.80 Å². The Morgan fingerprint density at radius 2 is 0.957 bits per heavy atom. The van der Waals surface area contributed by atoms with Crippen LogP contribution in [0.2, 0.25) is 0 Å². The number of carbonyl (C=O) groups excluding carboxylic acids is 2. The fraction of sp³-hybridized carbons (Fsp3) is 0.412. The minimum absolute atomic E-state index is 0. The summed E-state index contributed by atoms with van der Waals surface area (Å²) in [5.41, 5.74) is 6.55. The fourth-order valence-corrected chi connectivity index (χ4v) is 5.50. The number of carbonyl (C=O) groups is 2. The number of hydrogen-bond donors (Lipinski definition) is 2. The molecule has 0 atom stereocenters. The Labute approximate surface area is 297 Å². The molecule has 0 aromatic heterocycles. The van der Waals surface area contributed by atoms with Gasteiger partial charge in [0.15, 0.2) is 0 Å². The number of benzene rings is 3. The number of alkyl halides is 2. The minimum Gasteiger partial charge on any atom is -0.371 e. The van der Waals surface area contributed by atoms with Crippen LogP contribution in [0.3, 0.4) is 0 Å². The van der Waals surface area contributed by atoms with E-state index in [4.69, 9.17) is 23.2 Å². The molecule has 12 heteroatoms. The zero-order chi connectivity index (χ0) is 32.2. The van der Waals surface area contributed by atoms with E-state index in [-0.39, 0.29) is 36.6 Å². The number of halogens is 4. The minimum atomic E-state index is -0.245. The van der Waals surface area contributed by atoms with Crippen LogP contribution in [0, 0.1) is 0 Å². The molecule has 0 bridgehead atoms. The van der Waals surface area contributed by atoms with Crippen LogP contribution in [-0.4, -0.2) is 87.7 Å². The number of hydrogen-bond acceptors (Lipinski definition) is 6. The van der Waals surface area contributed by atoms with Gasteiger partial charge in [-0.3, -0.25) is 9.59 Å². The second-order valence-corrected chi connectivity index (χ2v) is 12.0. The predicted octanol–water partition coefficient (Wildman–Crippen LogP) is 7.29. The number of nitrogens with zero attached hydrogens (tertiary/aromatic N) is 4. The van der Waals surface area contributed by atoms with Crippen LogP contribution in [-0.2, 0) is 13.1 Å².